The van der Waals surface area contributed by atoms with Crippen molar-refractivity contribution in [3.63, 3.8) is 0 Å². The molecule has 1 saturated heterocycles. The number of hydrogen-bond donors (Lipinski definition) is 5. The molecule has 3 rings (SSSR count). The molecular weight excluding hydrogens is 344 g/mol. The van der Waals surface area contributed by atoms with E-state index in [9.17, 15) is 20.6 Å². The Bertz CT molecular complexity index is 701. The van der Waals surface area contributed by atoms with Gasteiger partial charge in [-0.3, -0.25) is 0 Å². The number of ether oxygens (including phenoxy) is 1. The van der Waals surface area contributed by atoms with Crippen LogP contribution in [0.2, 0.25) is 0 Å². The Morgan fingerprint density at radius 2 is 1.84 bits per heavy atom. The molecule has 8 heteroatoms. The van der Waals surface area contributed by atoms with Crippen LogP contribution in [0.4, 0.5) is 11.4 Å². The first kappa shape index (κ1) is 18.2. The van der Waals surface area contributed by atoms with Gasteiger partial charge >= 0.3 is 0 Å². The van der Waals surface area contributed by atoms with Gasteiger partial charge in [0.05, 0.1) is 12.7 Å². The predicted molar refractivity (Wildman–Crippen MR) is 92.8 cm³/mol. The lowest BCUT2D eigenvalue weighted by atomic mass is 10.1. The summed E-state index contributed by atoms with van der Waals surface area (Å²) in [4.78, 5) is 1.79. The molecule has 5 N–H and O–H groups in total. The molecule has 1 fully saturated rings. The van der Waals surface area contributed by atoms with E-state index >= 15 is 0 Å². The molecule has 2 aromatic rings. The second-order valence-electron chi connectivity index (χ2n) is 5.80. The van der Waals surface area contributed by atoms with Gasteiger partial charge in [0.15, 0.2) is 5.69 Å². The third-order valence-corrected chi connectivity index (χ3v) is 4.81. The van der Waals surface area contributed by atoms with Crippen molar-refractivity contribution in [2.45, 2.75) is 34.6 Å². The molecular formula is C17H20N2O5S. The molecule has 0 saturated carbocycles. The van der Waals surface area contributed by atoms with Crippen LogP contribution in [0.3, 0.4) is 0 Å². The number of nitrogens with one attached hydrogen (secondary N) is 2. The standard InChI is InChI=1S/C17H20N2O5S/c20-15-9-17(24-10-16(15)21)18-11-6-12(19(22)23)8-14(7-11)25-13-4-2-1-3-5-13/h1-8,15-22H,9-10H2/t15-,16-,17-/m0/s1. The number of aliphatic hydroxyl groups excluding tert-OH is 2. The quantitative estimate of drug-likeness (QED) is 0.506. The Morgan fingerprint density at radius 3 is 2.52 bits per heavy atom. The van der Waals surface area contributed by atoms with Crippen molar-refractivity contribution in [3.8, 4) is 0 Å². The fourth-order valence-electron chi connectivity index (χ4n) is 2.55. The highest BCUT2D eigenvalue weighted by atomic mass is 32.2. The van der Waals surface area contributed by atoms with Crippen molar-refractivity contribution in [3.05, 3.63) is 53.7 Å². The molecule has 0 amide bonds. The average Bonchev–Trinajstić information content (AvgIpc) is 2.59. The van der Waals surface area contributed by atoms with Gasteiger partial charge in [0.25, 0.3) is 0 Å². The van der Waals surface area contributed by atoms with Crippen molar-refractivity contribution < 1.29 is 25.4 Å². The van der Waals surface area contributed by atoms with E-state index < -0.39 is 23.7 Å². The van der Waals surface area contributed by atoms with Crippen molar-refractivity contribution in [2.75, 3.05) is 11.9 Å². The van der Waals surface area contributed by atoms with Crippen LogP contribution in [0.1, 0.15) is 6.42 Å². The van der Waals surface area contributed by atoms with Gasteiger partial charge in [-0.05, 0) is 18.2 Å². The SMILES string of the molecule is [O-][NH+](O)c1cc(N[C@@H]2C[C@H](O)[C@@H](O)CO2)cc(Sc2ccccc2)c1. The van der Waals surface area contributed by atoms with Gasteiger partial charge in [0.1, 0.15) is 12.3 Å². The minimum absolute atomic E-state index is 0.0308. The first-order chi connectivity index (χ1) is 12.0. The molecule has 0 bridgehead atoms. The third-order valence-electron chi connectivity index (χ3n) is 3.83. The van der Waals surface area contributed by atoms with Crippen molar-refractivity contribution >= 4 is 23.1 Å². The van der Waals surface area contributed by atoms with Gasteiger partial charge in [-0.2, -0.15) is 5.23 Å². The number of hydrogen-bond acceptors (Lipinski definition) is 7. The van der Waals surface area contributed by atoms with Crippen LogP contribution in [0.25, 0.3) is 0 Å². The van der Waals surface area contributed by atoms with Crippen LogP contribution in [-0.2, 0) is 4.74 Å². The van der Waals surface area contributed by atoms with Crippen molar-refractivity contribution in [2.24, 2.45) is 0 Å². The normalized spacial score (nSPS) is 24.7. The molecule has 25 heavy (non-hydrogen) atoms. The maximum Gasteiger partial charge on any atom is 0.166 e. The molecule has 1 heterocycles. The van der Waals surface area contributed by atoms with Crippen molar-refractivity contribution in [1.82, 2.24) is 0 Å². The zero-order chi connectivity index (χ0) is 17.8. The van der Waals surface area contributed by atoms with E-state index in [2.05, 4.69) is 5.32 Å². The molecule has 1 unspecified atom stereocenters. The summed E-state index contributed by atoms with van der Waals surface area (Å²) in [7, 11) is 0. The van der Waals surface area contributed by atoms with E-state index in [4.69, 9.17) is 4.74 Å². The van der Waals surface area contributed by atoms with E-state index in [1.807, 2.05) is 36.4 Å². The van der Waals surface area contributed by atoms with Crippen LogP contribution in [0.5, 0.6) is 0 Å². The summed E-state index contributed by atoms with van der Waals surface area (Å²) in [6.07, 6.45) is -2.03. The minimum atomic E-state index is -1.02. The molecule has 1 aliphatic heterocycles. The Morgan fingerprint density at radius 1 is 1.08 bits per heavy atom. The van der Waals surface area contributed by atoms with E-state index in [0.29, 0.717) is 5.69 Å². The smallest absolute Gasteiger partial charge is 0.166 e. The summed E-state index contributed by atoms with van der Waals surface area (Å²) < 4.78 is 5.45. The van der Waals surface area contributed by atoms with E-state index in [1.54, 1.807) is 6.07 Å². The van der Waals surface area contributed by atoms with Crippen LogP contribution in [-0.4, -0.2) is 40.5 Å². The van der Waals surface area contributed by atoms with Crippen LogP contribution >= 0.6 is 11.8 Å². The summed E-state index contributed by atoms with van der Waals surface area (Å²) in [5.74, 6) is 0. The van der Waals surface area contributed by atoms with Gasteiger partial charge in [0, 0.05) is 34.0 Å². The minimum Gasteiger partial charge on any atom is -0.595 e. The molecule has 134 valence electrons. The highest BCUT2D eigenvalue weighted by Gasteiger charge is 2.28. The Hall–Kier alpha value is -1.65. The largest absolute Gasteiger partial charge is 0.595 e. The number of benzene rings is 2. The maximum atomic E-state index is 11.4. The van der Waals surface area contributed by atoms with Gasteiger partial charge in [-0.1, -0.05) is 30.0 Å². The topological polar surface area (TPSA) is 109 Å². The molecule has 7 nitrogen and oxygen atoms in total. The second-order valence-corrected chi connectivity index (χ2v) is 6.95. The summed E-state index contributed by atoms with van der Waals surface area (Å²) in [6, 6.07) is 14.6. The van der Waals surface area contributed by atoms with E-state index in [-0.39, 0.29) is 18.7 Å². The Labute approximate surface area is 149 Å². The number of anilines is 1. The summed E-state index contributed by atoms with van der Waals surface area (Å²) in [6.45, 7) is 0.0308. The highest BCUT2D eigenvalue weighted by molar-refractivity contribution is 7.99. The van der Waals surface area contributed by atoms with Crippen molar-refractivity contribution in [1.29, 1.82) is 0 Å². The van der Waals surface area contributed by atoms with Gasteiger partial charge in [0.2, 0.25) is 0 Å². The van der Waals surface area contributed by atoms with Crippen LogP contribution < -0.4 is 10.5 Å². The highest BCUT2D eigenvalue weighted by Crippen LogP contribution is 2.32. The van der Waals surface area contributed by atoms with Crippen LogP contribution in [0.15, 0.2) is 58.3 Å². The molecule has 2 aromatic carbocycles. The lowest BCUT2D eigenvalue weighted by Gasteiger charge is -2.31. The molecule has 0 radical (unpaired) electrons. The lowest BCUT2D eigenvalue weighted by Crippen LogP contribution is -2.99. The van der Waals surface area contributed by atoms with Gasteiger partial charge in [-0.25, -0.2) is 5.21 Å². The van der Waals surface area contributed by atoms with Gasteiger partial charge < -0.3 is 25.5 Å². The Balaban J connectivity index is 1.78. The fraction of sp³-hybridized carbons (Fsp3) is 0.294. The number of quaternary nitrogens is 1. The first-order valence-corrected chi connectivity index (χ1v) is 8.68. The monoisotopic (exact) mass is 364 g/mol. The summed E-state index contributed by atoms with van der Waals surface area (Å²) in [5, 5.41) is 42.1. The molecule has 1 aliphatic rings. The molecule has 0 spiro atoms. The molecule has 4 atom stereocenters. The first-order valence-electron chi connectivity index (χ1n) is 7.87. The zero-order valence-corrected chi connectivity index (χ0v) is 14.1. The van der Waals surface area contributed by atoms with Gasteiger partial charge in [-0.15, -0.1) is 0 Å². The van der Waals surface area contributed by atoms with E-state index in [1.165, 1.54) is 17.8 Å². The third kappa shape index (κ3) is 4.93. The number of rotatable bonds is 5. The predicted octanol–water partition coefficient (Wildman–Crippen LogP) is 1.12. The maximum absolute atomic E-state index is 11.4. The number of aliphatic hydroxyl groups is 2. The Kier molecular flexibility index (Phi) is 5.92. The zero-order valence-electron chi connectivity index (χ0n) is 13.3. The second kappa shape index (κ2) is 8.15. The van der Waals surface area contributed by atoms with Crippen LogP contribution in [0, 0.1) is 5.21 Å². The lowest BCUT2D eigenvalue weighted by molar-refractivity contribution is -0.991. The molecule has 0 aliphatic carbocycles. The molecule has 0 aromatic heterocycles. The summed E-state index contributed by atoms with van der Waals surface area (Å²) in [5.41, 5.74) is 0.756. The average molecular weight is 364 g/mol. The fourth-order valence-corrected chi connectivity index (χ4v) is 3.48. The van der Waals surface area contributed by atoms with E-state index in [0.717, 1.165) is 9.79 Å². The summed E-state index contributed by atoms with van der Waals surface area (Å²) >= 11 is 1.46.